The molecule has 5 nitrogen and oxygen atoms in total. The van der Waals surface area contributed by atoms with Crippen LogP contribution in [0.1, 0.15) is 12.0 Å². The van der Waals surface area contributed by atoms with Crippen LogP contribution < -0.4 is 0 Å². The highest BCUT2D eigenvalue weighted by Gasteiger charge is 2.52. The largest absolute Gasteiger partial charge is 0.481 e. The van der Waals surface area contributed by atoms with E-state index in [1.165, 1.54) is 5.56 Å². The Morgan fingerprint density at radius 1 is 1.00 bits per heavy atom. The van der Waals surface area contributed by atoms with Gasteiger partial charge >= 0.3 is 5.97 Å². The van der Waals surface area contributed by atoms with Gasteiger partial charge in [0.05, 0.1) is 11.8 Å². The van der Waals surface area contributed by atoms with E-state index in [0.717, 1.165) is 26.1 Å². The second-order valence-corrected chi connectivity index (χ2v) is 7.78. The third-order valence-corrected chi connectivity index (χ3v) is 6.19. The average molecular weight is 366 g/mol. The molecule has 1 amide bonds. The van der Waals surface area contributed by atoms with E-state index < -0.39 is 11.9 Å². The summed E-state index contributed by atoms with van der Waals surface area (Å²) in [6.07, 6.45) is 9.14. The Morgan fingerprint density at radius 3 is 2.33 bits per heavy atom. The minimum absolute atomic E-state index is 0.0332. The van der Waals surface area contributed by atoms with Gasteiger partial charge in [0.25, 0.3) is 0 Å². The van der Waals surface area contributed by atoms with Gasteiger partial charge in [0.15, 0.2) is 0 Å². The van der Waals surface area contributed by atoms with Crippen LogP contribution in [0.25, 0.3) is 6.08 Å². The molecule has 1 aliphatic heterocycles. The average Bonchev–Trinajstić information content (AvgIpc) is 3.30. The number of allylic oxidation sites excluding steroid dienone is 2. The van der Waals surface area contributed by atoms with Crippen molar-refractivity contribution in [1.29, 1.82) is 0 Å². The molecule has 5 heteroatoms. The summed E-state index contributed by atoms with van der Waals surface area (Å²) in [5.41, 5.74) is 1.19. The van der Waals surface area contributed by atoms with Crippen LogP contribution in [-0.4, -0.2) is 59.5 Å². The number of rotatable bonds is 5. The summed E-state index contributed by atoms with van der Waals surface area (Å²) in [6, 6.07) is 10.2. The fourth-order valence-corrected chi connectivity index (χ4v) is 4.76. The number of hydrogen-bond acceptors (Lipinski definition) is 3. The number of carbonyl (C=O) groups excluding carboxylic acids is 1. The lowest BCUT2D eigenvalue weighted by Gasteiger charge is -2.37. The van der Waals surface area contributed by atoms with E-state index in [0.29, 0.717) is 13.1 Å². The first-order valence-corrected chi connectivity index (χ1v) is 9.77. The molecule has 1 aromatic carbocycles. The van der Waals surface area contributed by atoms with Crippen molar-refractivity contribution in [3.8, 4) is 0 Å². The van der Waals surface area contributed by atoms with Crippen molar-refractivity contribution in [3.05, 3.63) is 54.1 Å². The quantitative estimate of drug-likeness (QED) is 0.813. The first-order valence-electron chi connectivity index (χ1n) is 9.77. The topological polar surface area (TPSA) is 60.9 Å². The number of hydrogen-bond donors (Lipinski definition) is 1. The molecule has 2 fully saturated rings. The zero-order valence-electron chi connectivity index (χ0n) is 15.4. The molecule has 1 N–H and O–H groups in total. The minimum Gasteiger partial charge on any atom is -0.481 e. The highest BCUT2D eigenvalue weighted by Crippen LogP contribution is 2.48. The lowest BCUT2D eigenvalue weighted by atomic mass is 9.82. The second kappa shape index (κ2) is 7.69. The number of piperazine rings is 1. The standard InChI is InChI=1S/C22H26N2O3/c25-21(19-17-8-9-18(15-17)20(19)22(26)27)24-13-11-23(12-14-24)10-4-7-16-5-2-1-3-6-16/h1-9,17-20H,10-15H2,(H,26,27)/b7-4+/t17-,18-,19+,20-/m0/s1. The highest BCUT2D eigenvalue weighted by atomic mass is 16.4. The molecule has 1 aromatic rings. The van der Waals surface area contributed by atoms with E-state index in [1.54, 1.807) is 0 Å². The van der Waals surface area contributed by atoms with E-state index in [1.807, 2.05) is 29.2 Å². The Labute approximate surface area is 160 Å². The molecule has 1 saturated carbocycles. The van der Waals surface area contributed by atoms with E-state index in [2.05, 4.69) is 35.3 Å². The number of amides is 1. The van der Waals surface area contributed by atoms with Crippen LogP contribution >= 0.6 is 0 Å². The molecule has 27 heavy (non-hydrogen) atoms. The fraction of sp³-hybridized carbons (Fsp3) is 0.455. The summed E-state index contributed by atoms with van der Waals surface area (Å²) in [6.45, 7) is 3.90. The monoisotopic (exact) mass is 366 g/mol. The number of carboxylic acid groups (broad SMARTS) is 1. The fourth-order valence-electron chi connectivity index (χ4n) is 4.76. The van der Waals surface area contributed by atoms with Crippen LogP contribution in [0.4, 0.5) is 0 Å². The Balaban J connectivity index is 1.30. The predicted octanol–water partition coefficient (Wildman–Crippen LogP) is 2.37. The smallest absolute Gasteiger partial charge is 0.307 e. The molecular weight excluding hydrogens is 340 g/mol. The van der Waals surface area contributed by atoms with Gasteiger partial charge in [0.2, 0.25) is 5.91 Å². The molecule has 2 bridgehead atoms. The Morgan fingerprint density at radius 2 is 1.67 bits per heavy atom. The van der Waals surface area contributed by atoms with Crippen LogP contribution in [-0.2, 0) is 9.59 Å². The van der Waals surface area contributed by atoms with Gasteiger partial charge in [-0.15, -0.1) is 0 Å². The number of nitrogens with zero attached hydrogens (tertiary/aromatic N) is 2. The lowest BCUT2D eigenvalue weighted by Crippen LogP contribution is -2.52. The van der Waals surface area contributed by atoms with Crippen LogP contribution in [0.15, 0.2) is 48.6 Å². The maximum Gasteiger partial charge on any atom is 0.307 e. The molecule has 0 unspecified atom stereocenters. The molecule has 142 valence electrons. The number of aliphatic carboxylic acids is 1. The van der Waals surface area contributed by atoms with E-state index >= 15 is 0 Å². The van der Waals surface area contributed by atoms with Crippen molar-refractivity contribution in [1.82, 2.24) is 9.80 Å². The lowest BCUT2D eigenvalue weighted by molar-refractivity contribution is -0.151. The van der Waals surface area contributed by atoms with E-state index in [9.17, 15) is 14.7 Å². The predicted molar refractivity (Wildman–Crippen MR) is 104 cm³/mol. The van der Waals surface area contributed by atoms with Crippen LogP contribution in [0, 0.1) is 23.7 Å². The highest BCUT2D eigenvalue weighted by molar-refractivity contribution is 5.87. The van der Waals surface area contributed by atoms with Gasteiger partial charge < -0.3 is 10.0 Å². The van der Waals surface area contributed by atoms with Gasteiger partial charge in [-0.3, -0.25) is 14.5 Å². The summed E-state index contributed by atoms with van der Waals surface area (Å²) in [5.74, 6) is -1.56. The van der Waals surface area contributed by atoms with E-state index in [-0.39, 0.29) is 23.7 Å². The number of carbonyl (C=O) groups is 2. The second-order valence-electron chi connectivity index (χ2n) is 7.78. The summed E-state index contributed by atoms with van der Waals surface area (Å²) in [5, 5.41) is 9.57. The van der Waals surface area contributed by atoms with Gasteiger partial charge in [-0.2, -0.15) is 0 Å². The molecule has 2 aliphatic carbocycles. The molecule has 4 rings (SSSR count). The van der Waals surface area contributed by atoms with Crippen molar-refractivity contribution >= 4 is 18.0 Å². The zero-order valence-corrected chi connectivity index (χ0v) is 15.4. The van der Waals surface area contributed by atoms with Gasteiger partial charge in [0.1, 0.15) is 0 Å². The van der Waals surface area contributed by atoms with Crippen molar-refractivity contribution in [2.45, 2.75) is 6.42 Å². The van der Waals surface area contributed by atoms with Crippen molar-refractivity contribution < 1.29 is 14.7 Å². The van der Waals surface area contributed by atoms with Gasteiger partial charge in [-0.25, -0.2) is 0 Å². The molecular formula is C22H26N2O3. The maximum absolute atomic E-state index is 13.0. The van der Waals surface area contributed by atoms with Crippen molar-refractivity contribution in [2.75, 3.05) is 32.7 Å². The Bertz CT molecular complexity index is 750. The van der Waals surface area contributed by atoms with Crippen LogP contribution in [0.2, 0.25) is 0 Å². The van der Waals surface area contributed by atoms with Crippen molar-refractivity contribution in [3.63, 3.8) is 0 Å². The first kappa shape index (κ1) is 18.0. The zero-order chi connectivity index (χ0) is 18.8. The molecule has 0 radical (unpaired) electrons. The third-order valence-electron chi connectivity index (χ3n) is 6.19. The summed E-state index contributed by atoms with van der Waals surface area (Å²) >= 11 is 0. The molecule has 1 saturated heterocycles. The minimum atomic E-state index is -0.824. The van der Waals surface area contributed by atoms with Gasteiger partial charge in [-0.1, -0.05) is 54.6 Å². The third kappa shape index (κ3) is 3.69. The summed E-state index contributed by atoms with van der Waals surface area (Å²) in [7, 11) is 0. The SMILES string of the molecule is O=C(O)[C@@H]1[C@H](C(=O)N2CCN(C/C=C/c3ccccc3)CC2)[C@H]2C=C[C@H]1C2. The Kier molecular flexibility index (Phi) is 5.12. The summed E-state index contributed by atoms with van der Waals surface area (Å²) < 4.78 is 0. The van der Waals surface area contributed by atoms with Gasteiger partial charge in [0, 0.05) is 32.7 Å². The molecule has 0 aromatic heterocycles. The summed E-state index contributed by atoms with van der Waals surface area (Å²) in [4.78, 5) is 28.9. The molecule has 1 heterocycles. The Hall–Kier alpha value is -2.40. The number of benzene rings is 1. The molecule has 0 spiro atoms. The number of fused-ring (bicyclic) bond motifs is 2. The molecule has 3 aliphatic rings. The molecule has 4 atom stereocenters. The van der Waals surface area contributed by atoms with Crippen LogP contribution in [0.5, 0.6) is 0 Å². The van der Waals surface area contributed by atoms with Crippen molar-refractivity contribution in [2.24, 2.45) is 23.7 Å². The van der Waals surface area contributed by atoms with Gasteiger partial charge in [-0.05, 0) is 23.8 Å². The maximum atomic E-state index is 13.0. The first-order chi connectivity index (χ1) is 13.1. The number of carboxylic acids is 1. The normalized spacial score (nSPS) is 30.3. The van der Waals surface area contributed by atoms with Crippen LogP contribution in [0.3, 0.4) is 0 Å². The van der Waals surface area contributed by atoms with E-state index in [4.69, 9.17) is 0 Å².